The summed E-state index contributed by atoms with van der Waals surface area (Å²) in [5, 5.41) is 24.5. The Balaban J connectivity index is -0.000000364. The first-order valence-electron chi connectivity index (χ1n) is 20.4. The zero-order valence-corrected chi connectivity index (χ0v) is 35.5. The topological polar surface area (TPSA) is 147 Å². The van der Waals surface area contributed by atoms with E-state index in [9.17, 15) is 14.4 Å². The molecule has 0 heterocycles. The standard InChI is InChI=1S/C21H40O3.C18H33O.C3H7NO3.Os/c1-2-3-4-5-6-7-8-9-10-11-12-13-14-15-16-18-21(23)24-20-17-19-22;1-2-3-4-5-6-7-8-9-10-11-12-13-14-15-16-17-18-19;4-2(1-5)3(6)7;/h9-10,22H,2-8,11-20H2,1H3;9-10H,2-8,11-17H2,1H3;2,5H,1,4H2,(H,6,7);/q;-1;;+1/b2*10-9+;;. The summed E-state index contributed by atoms with van der Waals surface area (Å²) in [5.41, 5.74) is 4.77. The molecular formula is C42H80NO7Os. The zero-order chi connectivity index (χ0) is 37.6. The fraction of sp³-hybridized carbons (Fsp3) is 0.833. The zero-order valence-electron chi connectivity index (χ0n) is 32.9. The van der Waals surface area contributed by atoms with E-state index in [1.807, 2.05) is 6.29 Å². The van der Waals surface area contributed by atoms with E-state index in [0.29, 0.717) is 25.9 Å². The minimum absolute atomic E-state index is 0. The molecule has 0 bridgehead atoms. The van der Waals surface area contributed by atoms with Crippen LogP contribution >= 0.6 is 0 Å². The first-order valence-corrected chi connectivity index (χ1v) is 20.4. The van der Waals surface area contributed by atoms with Gasteiger partial charge in [-0.3, -0.25) is 15.9 Å². The number of aliphatic hydroxyl groups excluding tert-OH is 2. The van der Waals surface area contributed by atoms with Crippen molar-refractivity contribution < 1.29 is 54.2 Å². The van der Waals surface area contributed by atoms with Gasteiger partial charge in [-0.15, -0.1) is 0 Å². The molecule has 0 saturated carbocycles. The average molecular weight is 901 g/mol. The molecule has 0 aromatic carbocycles. The number of aliphatic hydroxyl groups is 2. The Kier molecular flexibility index (Phi) is 58.5. The molecule has 0 fully saturated rings. The number of esters is 1. The molecule has 9 heteroatoms. The first-order chi connectivity index (χ1) is 24.4. The van der Waals surface area contributed by atoms with E-state index in [1.165, 1.54) is 148 Å². The molecule has 303 valence electrons. The quantitative estimate of drug-likeness (QED) is 0.0213. The molecule has 0 spiro atoms. The minimum Gasteiger partial charge on any atom is -0.542 e. The van der Waals surface area contributed by atoms with Gasteiger partial charge in [0, 0.05) is 19.4 Å². The summed E-state index contributed by atoms with van der Waals surface area (Å²) in [6.45, 7) is 4.46. The predicted molar refractivity (Wildman–Crippen MR) is 210 cm³/mol. The van der Waals surface area contributed by atoms with Crippen LogP contribution in [0.25, 0.3) is 0 Å². The molecule has 1 atom stereocenters. The number of allylic oxidation sites excluding steroid dienone is 4. The number of rotatable bonds is 35. The second kappa shape index (κ2) is 53.0. The Morgan fingerprint density at radius 2 is 0.980 bits per heavy atom. The molecule has 1 unspecified atom stereocenters. The summed E-state index contributed by atoms with van der Waals surface area (Å²) in [5.74, 6) is -1.30. The predicted octanol–water partition coefficient (Wildman–Crippen LogP) is 10.5. The van der Waals surface area contributed by atoms with Gasteiger partial charge in [0.25, 0.3) is 0 Å². The second-order valence-electron chi connectivity index (χ2n) is 13.2. The molecular weight excluding hydrogens is 821 g/mol. The van der Waals surface area contributed by atoms with Crippen molar-refractivity contribution in [1.82, 2.24) is 0 Å². The van der Waals surface area contributed by atoms with Gasteiger partial charge >= 0.3 is 31.7 Å². The largest absolute Gasteiger partial charge is 1.00 e. The van der Waals surface area contributed by atoms with Gasteiger partial charge in [-0.25, -0.2) is 0 Å². The van der Waals surface area contributed by atoms with Crippen LogP contribution in [0, 0.1) is 0 Å². The molecule has 51 heavy (non-hydrogen) atoms. The Hall–Kier alpha value is -1.39. The van der Waals surface area contributed by atoms with E-state index in [2.05, 4.69) is 38.2 Å². The van der Waals surface area contributed by atoms with E-state index in [4.69, 9.17) is 25.8 Å². The van der Waals surface area contributed by atoms with E-state index in [0.717, 1.165) is 19.3 Å². The third-order valence-electron chi connectivity index (χ3n) is 8.26. The van der Waals surface area contributed by atoms with E-state index in [-0.39, 0.29) is 32.4 Å². The minimum atomic E-state index is -1.18. The van der Waals surface area contributed by atoms with Crippen LogP contribution in [-0.4, -0.2) is 59.4 Å². The monoisotopic (exact) mass is 903 g/mol. The van der Waals surface area contributed by atoms with Crippen LogP contribution in [0.3, 0.4) is 0 Å². The Morgan fingerprint density at radius 1 is 0.608 bits per heavy atom. The van der Waals surface area contributed by atoms with Gasteiger partial charge in [-0.1, -0.05) is 147 Å². The smallest absolute Gasteiger partial charge is 0.542 e. The molecule has 1 radical (unpaired) electrons. The van der Waals surface area contributed by atoms with Gasteiger partial charge in [0.1, 0.15) is 6.04 Å². The van der Waals surface area contributed by atoms with Crippen LogP contribution in [-0.2, 0) is 38.9 Å². The number of nitrogens with two attached hydrogens (primary N) is 1. The number of ether oxygens (including phenoxy) is 1. The fourth-order valence-corrected chi connectivity index (χ4v) is 5.01. The first kappa shape index (κ1) is 56.3. The van der Waals surface area contributed by atoms with Crippen LogP contribution in [0.1, 0.15) is 200 Å². The number of hydrogen-bond donors (Lipinski definition) is 4. The third-order valence-corrected chi connectivity index (χ3v) is 8.26. The van der Waals surface area contributed by atoms with E-state index in [1.54, 1.807) is 0 Å². The van der Waals surface area contributed by atoms with Crippen molar-refractivity contribution in [3.05, 3.63) is 24.3 Å². The van der Waals surface area contributed by atoms with Gasteiger partial charge in [-0.2, -0.15) is 6.42 Å². The summed E-state index contributed by atoms with van der Waals surface area (Å²) in [7, 11) is 0. The average Bonchev–Trinajstić information content (AvgIpc) is 3.12. The summed E-state index contributed by atoms with van der Waals surface area (Å²) >= 11 is 0. The summed E-state index contributed by atoms with van der Waals surface area (Å²) in [6, 6.07) is -1.13. The third kappa shape index (κ3) is 58.2. The molecule has 8 nitrogen and oxygen atoms in total. The van der Waals surface area contributed by atoms with Crippen LogP contribution in [0.5, 0.6) is 0 Å². The SMILES string of the molecule is CCCCCCCC/C=C/CCCCCCCC(=O)OCCCO.CCCCCCCC/C=C/CCCCCCC[C-]=O.NC(CO)C(=O)O.[Os+]. The van der Waals surface area contributed by atoms with Crippen molar-refractivity contribution in [3.63, 3.8) is 0 Å². The van der Waals surface area contributed by atoms with Gasteiger partial charge in [-0.05, 0) is 57.8 Å². The maximum atomic E-state index is 11.3. The number of carbonyl (C=O) groups is 2. The second-order valence-corrected chi connectivity index (χ2v) is 13.2. The number of unbranched alkanes of at least 4 members (excludes halogenated alkanes) is 23. The summed E-state index contributed by atoms with van der Waals surface area (Å²) < 4.78 is 4.99. The Labute approximate surface area is 327 Å². The van der Waals surface area contributed by atoms with Crippen LogP contribution in [0.4, 0.5) is 0 Å². The van der Waals surface area contributed by atoms with Crippen molar-refractivity contribution in [2.24, 2.45) is 5.73 Å². The number of hydrogen-bond acceptors (Lipinski definition) is 7. The van der Waals surface area contributed by atoms with Crippen molar-refractivity contribution >= 4 is 18.2 Å². The van der Waals surface area contributed by atoms with Crippen molar-refractivity contribution in [2.45, 2.75) is 206 Å². The van der Waals surface area contributed by atoms with Crippen molar-refractivity contribution in [3.8, 4) is 0 Å². The molecule has 0 aromatic rings. The van der Waals surface area contributed by atoms with Crippen LogP contribution in [0.2, 0.25) is 0 Å². The Morgan fingerprint density at radius 3 is 1.31 bits per heavy atom. The summed E-state index contributed by atoms with van der Waals surface area (Å²) in [4.78, 5) is 31.0. The molecule has 0 rings (SSSR count). The molecule has 0 aromatic heterocycles. The maximum Gasteiger partial charge on any atom is 1.00 e. The molecule has 0 saturated heterocycles. The molecule has 0 aliphatic rings. The molecule has 0 amide bonds. The molecule has 5 N–H and O–H groups in total. The van der Waals surface area contributed by atoms with Gasteiger partial charge in [0.05, 0.1) is 13.2 Å². The van der Waals surface area contributed by atoms with Crippen LogP contribution < -0.4 is 5.73 Å². The normalized spacial score (nSPS) is 11.3. The maximum absolute atomic E-state index is 11.3. The van der Waals surface area contributed by atoms with Crippen molar-refractivity contribution in [1.29, 1.82) is 0 Å². The number of carboxylic acids is 1. The number of carboxylic acid groups (broad SMARTS) is 1. The van der Waals surface area contributed by atoms with Crippen molar-refractivity contribution in [2.75, 3.05) is 19.8 Å². The molecule has 0 aliphatic carbocycles. The summed E-state index contributed by atoms with van der Waals surface area (Å²) in [6.07, 6.45) is 46.4. The number of aliphatic carboxylic acids is 1. The fourth-order valence-electron chi connectivity index (χ4n) is 5.01. The number of carbonyl (C=O) groups excluding carboxylic acids is 2. The molecule has 0 aliphatic heterocycles. The van der Waals surface area contributed by atoms with Gasteiger partial charge in [0.2, 0.25) is 0 Å². The van der Waals surface area contributed by atoms with E-state index >= 15 is 0 Å². The van der Waals surface area contributed by atoms with E-state index < -0.39 is 18.6 Å². The Bertz CT molecular complexity index is 749. The van der Waals surface area contributed by atoms with Gasteiger partial charge in [0.15, 0.2) is 0 Å². The van der Waals surface area contributed by atoms with Crippen LogP contribution in [0.15, 0.2) is 24.3 Å². The van der Waals surface area contributed by atoms with Gasteiger partial charge < -0.3 is 30.6 Å².